The quantitative estimate of drug-likeness (QED) is 0.721. The fourth-order valence-corrected chi connectivity index (χ4v) is 0.930. The number of nitrogen functional groups attached to an aromatic ring is 1. The minimum Gasteiger partial charge on any atom is -0.394 e. The van der Waals surface area contributed by atoms with Crippen molar-refractivity contribution in [2.45, 2.75) is 12.7 Å². The van der Waals surface area contributed by atoms with Crippen molar-refractivity contribution in [3.05, 3.63) is 11.8 Å². The third-order valence-electron chi connectivity index (χ3n) is 1.40. The van der Waals surface area contributed by atoms with Crippen LogP contribution in [0.2, 0.25) is 0 Å². The van der Waals surface area contributed by atoms with Gasteiger partial charge in [-0.1, -0.05) is 0 Å². The van der Waals surface area contributed by atoms with Crippen molar-refractivity contribution in [3.8, 4) is 0 Å². The van der Waals surface area contributed by atoms with Gasteiger partial charge in [-0.05, 0) is 0 Å². The molecule has 4 nitrogen and oxygen atoms in total. The SMILES string of the molecule is Nc1cc(C(F)(F)F)n(CCO)n1. The first-order valence-electron chi connectivity index (χ1n) is 3.46. The lowest BCUT2D eigenvalue weighted by Crippen LogP contribution is -2.16. The fraction of sp³-hybridized carbons (Fsp3) is 0.500. The number of hydrogen-bond donors (Lipinski definition) is 2. The van der Waals surface area contributed by atoms with Crippen molar-refractivity contribution in [1.82, 2.24) is 9.78 Å². The molecular weight excluding hydrogens is 187 g/mol. The summed E-state index contributed by atoms with van der Waals surface area (Å²) in [7, 11) is 0. The summed E-state index contributed by atoms with van der Waals surface area (Å²) in [5.74, 6) is -0.208. The number of rotatable bonds is 2. The summed E-state index contributed by atoms with van der Waals surface area (Å²) in [6.45, 7) is -0.629. The van der Waals surface area contributed by atoms with Crippen LogP contribution in [-0.4, -0.2) is 21.5 Å². The van der Waals surface area contributed by atoms with E-state index in [4.69, 9.17) is 10.8 Å². The molecule has 0 radical (unpaired) electrons. The molecule has 3 N–H and O–H groups in total. The van der Waals surface area contributed by atoms with Gasteiger partial charge in [-0.3, -0.25) is 4.68 Å². The molecule has 0 aromatic carbocycles. The molecule has 0 bridgehead atoms. The molecule has 0 spiro atoms. The van der Waals surface area contributed by atoms with Gasteiger partial charge in [-0.25, -0.2) is 0 Å². The van der Waals surface area contributed by atoms with E-state index in [0.717, 1.165) is 6.07 Å². The first-order valence-corrected chi connectivity index (χ1v) is 3.46. The Morgan fingerprint density at radius 1 is 1.54 bits per heavy atom. The number of alkyl halides is 3. The summed E-state index contributed by atoms with van der Waals surface area (Å²) in [6, 6.07) is 0.732. The third kappa shape index (κ3) is 2.11. The lowest BCUT2D eigenvalue weighted by atomic mass is 10.4. The van der Waals surface area contributed by atoms with Crippen LogP contribution in [0, 0.1) is 0 Å². The molecular formula is C6H8F3N3O. The molecule has 0 aliphatic heterocycles. The number of anilines is 1. The first kappa shape index (κ1) is 9.85. The van der Waals surface area contributed by atoms with Crippen LogP contribution in [0.5, 0.6) is 0 Å². The van der Waals surface area contributed by atoms with Gasteiger partial charge in [0, 0.05) is 6.07 Å². The third-order valence-corrected chi connectivity index (χ3v) is 1.40. The maximum Gasteiger partial charge on any atom is 0.433 e. The van der Waals surface area contributed by atoms with Gasteiger partial charge in [0.25, 0.3) is 0 Å². The number of aliphatic hydroxyl groups is 1. The zero-order valence-corrected chi connectivity index (χ0v) is 6.54. The van der Waals surface area contributed by atoms with Gasteiger partial charge in [-0.15, -0.1) is 0 Å². The Bertz CT molecular complexity index is 294. The normalized spacial score (nSPS) is 12.0. The largest absolute Gasteiger partial charge is 0.433 e. The van der Waals surface area contributed by atoms with Gasteiger partial charge in [0.2, 0.25) is 0 Å². The Hall–Kier alpha value is -1.24. The minimum absolute atomic E-state index is 0.208. The predicted molar refractivity (Wildman–Crippen MR) is 38.7 cm³/mol. The summed E-state index contributed by atoms with van der Waals surface area (Å²) >= 11 is 0. The smallest absolute Gasteiger partial charge is 0.394 e. The van der Waals surface area contributed by atoms with E-state index < -0.39 is 18.5 Å². The van der Waals surface area contributed by atoms with Crippen molar-refractivity contribution < 1.29 is 18.3 Å². The molecule has 74 valence electrons. The Morgan fingerprint density at radius 2 is 2.15 bits per heavy atom. The minimum atomic E-state index is -4.49. The van der Waals surface area contributed by atoms with Gasteiger partial charge in [-0.2, -0.15) is 18.3 Å². The van der Waals surface area contributed by atoms with Crippen molar-refractivity contribution in [2.24, 2.45) is 0 Å². The highest BCUT2D eigenvalue weighted by Crippen LogP contribution is 2.30. The summed E-state index contributed by atoms with van der Waals surface area (Å²) < 4.78 is 37.2. The van der Waals surface area contributed by atoms with Gasteiger partial charge in [0.05, 0.1) is 13.2 Å². The monoisotopic (exact) mass is 195 g/mol. The molecule has 0 saturated heterocycles. The Morgan fingerprint density at radius 3 is 2.62 bits per heavy atom. The van der Waals surface area contributed by atoms with Crippen LogP contribution in [-0.2, 0) is 12.7 Å². The maximum atomic E-state index is 12.2. The molecule has 1 aromatic rings. The molecule has 7 heteroatoms. The Balaban J connectivity index is 3.04. The van der Waals surface area contributed by atoms with Crippen molar-refractivity contribution in [2.75, 3.05) is 12.3 Å². The summed E-state index contributed by atoms with van der Waals surface area (Å²) in [5, 5.41) is 11.8. The van der Waals surface area contributed by atoms with Crippen molar-refractivity contribution >= 4 is 5.82 Å². The fourth-order valence-electron chi connectivity index (χ4n) is 0.930. The van der Waals surface area contributed by atoms with Crippen LogP contribution in [0.4, 0.5) is 19.0 Å². The predicted octanol–water partition coefficient (Wildman–Crippen LogP) is 0.476. The molecule has 0 fully saturated rings. The van der Waals surface area contributed by atoms with Crippen LogP contribution >= 0.6 is 0 Å². The molecule has 0 saturated carbocycles. The van der Waals surface area contributed by atoms with Gasteiger partial charge >= 0.3 is 6.18 Å². The standard InChI is InChI=1S/C6H8F3N3O/c7-6(8,9)4-3-5(10)11-12(4)1-2-13/h3,13H,1-2H2,(H2,10,11). The second-order valence-electron chi connectivity index (χ2n) is 2.40. The highest BCUT2D eigenvalue weighted by molar-refractivity contribution is 5.30. The lowest BCUT2D eigenvalue weighted by Gasteiger charge is -2.07. The topological polar surface area (TPSA) is 64.1 Å². The van der Waals surface area contributed by atoms with Crippen LogP contribution in [0.1, 0.15) is 5.69 Å². The van der Waals surface area contributed by atoms with E-state index in [1.807, 2.05) is 0 Å². The zero-order chi connectivity index (χ0) is 10.1. The van der Waals surface area contributed by atoms with Gasteiger partial charge in [0.15, 0.2) is 0 Å². The number of nitrogens with zero attached hydrogens (tertiary/aromatic N) is 2. The Kier molecular flexibility index (Phi) is 2.46. The molecule has 0 amide bonds. The van der Waals surface area contributed by atoms with E-state index in [0.29, 0.717) is 4.68 Å². The summed E-state index contributed by atoms with van der Waals surface area (Å²) in [5.41, 5.74) is 4.15. The average molecular weight is 195 g/mol. The highest BCUT2D eigenvalue weighted by Gasteiger charge is 2.35. The lowest BCUT2D eigenvalue weighted by molar-refractivity contribution is -0.144. The van der Waals surface area contributed by atoms with Crippen molar-refractivity contribution in [1.29, 1.82) is 0 Å². The van der Waals surface area contributed by atoms with Crippen LogP contribution in [0.25, 0.3) is 0 Å². The van der Waals surface area contributed by atoms with Gasteiger partial charge < -0.3 is 10.8 Å². The maximum absolute atomic E-state index is 12.2. The summed E-state index contributed by atoms with van der Waals surface area (Å²) in [4.78, 5) is 0. The van der Waals surface area contributed by atoms with Crippen LogP contribution in [0.15, 0.2) is 6.07 Å². The highest BCUT2D eigenvalue weighted by atomic mass is 19.4. The van der Waals surface area contributed by atoms with E-state index in [9.17, 15) is 13.2 Å². The average Bonchev–Trinajstić information content (AvgIpc) is 2.30. The van der Waals surface area contributed by atoms with Gasteiger partial charge in [0.1, 0.15) is 11.5 Å². The number of aliphatic hydroxyl groups excluding tert-OH is 1. The van der Waals surface area contributed by atoms with E-state index >= 15 is 0 Å². The van der Waals surface area contributed by atoms with E-state index in [-0.39, 0.29) is 12.4 Å². The molecule has 1 rings (SSSR count). The second kappa shape index (κ2) is 3.25. The number of aromatic nitrogens is 2. The molecule has 0 aliphatic rings. The molecule has 0 unspecified atom stereocenters. The molecule has 0 atom stereocenters. The molecule has 13 heavy (non-hydrogen) atoms. The molecule has 0 aliphatic carbocycles. The molecule has 1 aromatic heterocycles. The first-order chi connectivity index (χ1) is 5.95. The van der Waals surface area contributed by atoms with Crippen LogP contribution < -0.4 is 5.73 Å². The van der Waals surface area contributed by atoms with E-state index in [1.54, 1.807) is 0 Å². The van der Waals surface area contributed by atoms with Crippen molar-refractivity contribution in [3.63, 3.8) is 0 Å². The number of nitrogens with two attached hydrogens (primary N) is 1. The van der Waals surface area contributed by atoms with E-state index in [1.165, 1.54) is 0 Å². The number of halogens is 3. The Labute approximate surface area is 71.8 Å². The number of hydrogen-bond acceptors (Lipinski definition) is 3. The molecule has 1 heterocycles. The summed E-state index contributed by atoms with van der Waals surface area (Å²) in [6.07, 6.45) is -4.49. The van der Waals surface area contributed by atoms with Crippen LogP contribution in [0.3, 0.4) is 0 Å². The second-order valence-corrected chi connectivity index (χ2v) is 2.40. The van der Waals surface area contributed by atoms with E-state index in [2.05, 4.69) is 5.10 Å². The zero-order valence-electron chi connectivity index (χ0n) is 6.54.